The smallest absolute Gasteiger partial charge is 0.312 e. The number of hydrogen-bond acceptors (Lipinski definition) is 3. The Kier molecular flexibility index (Phi) is 3.19. The lowest BCUT2D eigenvalue weighted by Crippen LogP contribution is -2.14. The molecule has 0 saturated heterocycles. The molecule has 0 spiro atoms. The van der Waals surface area contributed by atoms with Gasteiger partial charge in [0.25, 0.3) is 0 Å². The molecule has 0 fully saturated rings. The fourth-order valence-electron chi connectivity index (χ4n) is 1.56. The minimum absolute atomic E-state index is 0.146. The summed E-state index contributed by atoms with van der Waals surface area (Å²) < 4.78 is 1.55. The normalized spacial score (nSPS) is 10.6. The topological polar surface area (TPSA) is 73.0 Å². The molecule has 3 N–H and O–H groups in total. The Morgan fingerprint density at radius 3 is 3.00 bits per heavy atom. The van der Waals surface area contributed by atoms with Crippen molar-refractivity contribution in [1.29, 1.82) is 0 Å². The molecule has 1 aromatic heterocycles. The zero-order valence-electron chi connectivity index (χ0n) is 8.72. The van der Waals surface area contributed by atoms with Crippen molar-refractivity contribution in [1.82, 2.24) is 9.55 Å². The average molecular weight is 219 g/mol. The highest BCUT2D eigenvalue weighted by molar-refractivity contribution is 5.35. The Balaban J connectivity index is 2.29. The second-order valence-corrected chi connectivity index (χ2v) is 3.43. The van der Waals surface area contributed by atoms with E-state index in [4.69, 9.17) is 5.90 Å². The van der Waals surface area contributed by atoms with Crippen molar-refractivity contribution in [2.24, 2.45) is 5.90 Å². The van der Waals surface area contributed by atoms with E-state index < -0.39 is 0 Å². The van der Waals surface area contributed by atoms with Crippen molar-refractivity contribution >= 4 is 0 Å². The largest absolute Gasteiger partial charge is 0.330 e. The molecule has 0 aliphatic carbocycles. The molecule has 16 heavy (non-hydrogen) atoms. The number of aromatic nitrogens is 2. The Hall–Kier alpha value is -1.85. The molecule has 1 heterocycles. The van der Waals surface area contributed by atoms with E-state index >= 15 is 0 Å². The zero-order chi connectivity index (χ0) is 11.4. The van der Waals surface area contributed by atoms with Crippen LogP contribution < -0.4 is 11.6 Å². The summed E-state index contributed by atoms with van der Waals surface area (Å²) in [5.74, 6) is 4.97. The summed E-state index contributed by atoms with van der Waals surface area (Å²) in [6, 6.07) is 7.69. The van der Waals surface area contributed by atoms with E-state index in [1.807, 2.05) is 24.3 Å². The molecule has 84 valence electrons. The van der Waals surface area contributed by atoms with Crippen LogP contribution in [0.15, 0.2) is 41.5 Å². The van der Waals surface area contributed by atoms with Gasteiger partial charge >= 0.3 is 5.69 Å². The van der Waals surface area contributed by atoms with E-state index in [9.17, 15) is 4.79 Å². The second-order valence-electron chi connectivity index (χ2n) is 3.43. The minimum Gasteiger partial charge on any atom is -0.312 e. The van der Waals surface area contributed by atoms with Crippen molar-refractivity contribution in [3.05, 3.63) is 52.7 Å². The van der Waals surface area contributed by atoms with Gasteiger partial charge in [0.15, 0.2) is 0 Å². The maximum Gasteiger partial charge on any atom is 0.330 e. The van der Waals surface area contributed by atoms with Crippen LogP contribution in [0.5, 0.6) is 0 Å². The Labute approximate surface area is 92.4 Å². The molecule has 0 unspecified atom stereocenters. The number of nitrogens with two attached hydrogens (primary N) is 1. The van der Waals surface area contributed by atoms with Crippen LogP contribution in [0.25, 0.3) is 5.69 Å². The van der Waals surface area contributed by atoms with Gasteiger partial charge in [-0.25, -0.2) is 10.7 Å². The number of imidazole rings is 1. The first-order valence-corrected chi connectivity index (χ1v) is 4.98. The molecule has 0 atom stereocenters. The summed E-state index contributed by atoms with van der Waals surface area (Å²) in [4.78, 5) is 18.5. The van der Waals surface area contributed by atoms with E-state index in [0.717, 1.165) is 17.7 Å². The molecule has 0 aliphatic heterocycles. The van der Waals surface area contributed by atoms with Gasteiger partial charge in [-0.05, 0) is 24.1 Å². The number of rotatable bonds is 4. The summed E-state index contributed by atoms with van der Waals surface area (Å²) in [6.07, 6.45) is 4.03. The van der Waals surface area contributed by atoms with Crippen molar-refractivity contribution in [2.75, 3.05) is 6.61 Å². The molecular formula is C11H13N3O2. The van der Waals surface area contributed by atoms with Crippen LogP contribution in [0.1, 0.15) is 5.56 Å². The SMILES string of the molecule is NOCCc1cccc(-n2cc[nH]c2=O)c1. The van der Waals surface area contributed by atoms with E-state index in [1.54, 1.807) is 17.0 Å². The standard InChI is InChI=1S/C11H13N3O2/c12-16-7-4-9-2-1-3-10(8-9)14-6-5-13-11(14)15/h1-3,5-6,8H,4,7,12H2,(H,13,15). The quantitative estimate of drug-likeness (QED) is 0.739. The first-order chi connectivity index (χ1) is 7.81. The summed E-state index contributed by atoms with van der Waals surface area (Å²) in [5.41, 5.74) is 1.77. The van der Waals surface area contributed by atoms with Gasteiger partial charge in [0.05, 0.1) is 12.3 Å². The van der Waals surface area contributed by atoms with Gasteiger partial charge in [0.2, 0.25) is 0 Å². The third kappa shape index (κ3) is 2.21. The molecule has 5 heteroatoms. The highest BCUT2D eigenvalue weighted by atomic mass is 16.6. The molecule has 0 bridgehead atoms. The Bertz CT molecular complexity index is 516. The second kappa shape index (κ2) is 4.78. The number of H-pyrrole nitrogens is 1. The van der Waals surface area contributed by atoms with Crippen LogP contribution in [0.2, 0.25) is 0 Å². The molecule has 1 aromatic carbocycles. The third-order valence-electron chi connectivity index (χ3n) is 2.35. The first-order valence-electron chi connectivity index (χ1n) is 4.98. The number of nitrogens with zero attached hydrogens (tertiary/aromatic N) is 1. The molecule has 5 nitrogen and oxygen atoms in total. The first kappa shape index (κ1) is 10.7. The predicted octanol–water partition coefficient (Wildman–Crippen LogP) is 0.598. The van der Waals surface area contributed by atoms with Crippen LogP contribution in [0, 0.1) is 0 Å². The van der Waals surface area contributed by atoms with Gasteiger partial charge in [-0.2, -0.15) is 0 Å². The van der Waals surface area contributed by atoms with Crippen LogP contribution in [-0.2, 0) is 11.3 Å². The Morgan fingerprint density at radius 1 is 1.44 bits per heavy atom. The van der Waals surface area contributed by atoms with Crippen molar-refractivity contribution in [2.45, 2.75) is 6.42 Å². The fraction of sp³-hybridized carbons (Fsp3) is 0.182. The molecule has 0 aliphatic rings. The highest BCUT2D eigenvalue weighted by Gasteiger charge is 2.00. The maximum absolute atomic E-state index is 11.4. The summed E-state index contributed by atoms with van der Waals surface area (Å²) >= 11 is 0. The zero-order valence-corrected chi connectivity index (χ0v) is 8.72. The van der Waals surface area contributed by atoms with Crippen LogP contribution in [-0.4, -0.2) is 16.2 Å². The van der Waals surface area contributed by atoms with E-state index in [1.165, 1.54) is 0 Å². The van der Waals surface area contributed by atoms with E-state index in [2.05, 4.69) is 9.82 Å². The highest BCUT2D eigenvalue weighted by Crippen LogP contribution is 2.09. The summed E-state index contributed by atoms with van der Waals surface area (Å²) in [7, 11) is 0. The van der Waals surface area contributed by atoms with Gasteiger partial charge < -0.3 is 9.82 Å². The van der Waals surface area contributed by atoms with Gasteiger partial charge in [-0.1, -0.05) is 12.1 Å². The molecular weight excluding hydrogens is 206 g/mol. The average Bonchev–Trinajstić information content (AvgIpc) is 2.73. The van der Waals surface area contributed by atoms with E-state index in [-0.39, 0.29) is 5.69 Å². The number of aromatic amines is 1. The molecule has 0 amide bonds. The Morgan fingerprint density at radius 2 is 2.31 bits per heavy atom. The number of nitrogens with one attached hydrogen (secondary N) is 1. The van der Waals surface area contributed by atoms with Crippen molar-refractivity contribution < 1.29 is 4.84 Å². The maximum atomic E-state index is 11.4. The lowest BCUT2D eigenvalue weighted by Gasteiger charge is -2.04. The lowest BCUT2D eigenvalue weighted by atomic mass is 10.1. The van der Waals surface area contributed by atoms with Gasteiger partial charge in [0, 0.05) is 12.4 Å². The van der Waals surface area contributed by atoms with Gasteiger partial charge in [-0.15, -0.1) is 0 Å². The van der Waals surface area contributed by atoms with Crippen LogP contribution >= 0.6 is 0 Å². The summed E-state index contributed by atoms with van der Waals surface area (Å²) in [5, 5.41) is 0. The number of benzene rings is 1. The van der Waals surface area contributed by atoms with E-state index in [0.29, 0.717) is 6.61 Å². The van der Waals surface area contributed by atoms with Crippen LogP contribution in [0.3, 0.4) is 0 Å². The lowest BCUT2D eigenvalue weighted by molar-refractivity contribution is 0.141. The fourth-order valence-corrected chi connectivity index (χ4v) is 1.56. The van der Waals surface area contributed by atoms with Crippen molar-refractivity contribution in [3.63, 3.8) is 0 Å². The van der Waals surface area contributed by atoms with Crippen LogP contribution in [0.4, 0.5) is 0 Å². The molecule has 2 aromatic rings. The predicted molar refractivity (Wildman–Crippen MR) is 60.2 cm³/mol. The molecule has 0 radical (unpaired) electrons. The minimum atomic E-state index is -0.146. The number of hydrogen-bond donors (Lipinski definition) is 2. The van der Waals surface area contributed by atoms with Crippen molar-refractivity contribution in [3.8, 4) is 5.69 Å². The molecule has 2 rings (SSSR count). The van der Waals surface area contributed by atoms with Gasteiger partial charge in [0.1, 0.15) is 0 Å². The molecule has 0 saturated carbocycles. The summed E-state index contributed by atoms with van der Waals surface area (Å²) in [6.45, 7) is 0.464. The third-order valence-corrected chi connectivity index (χ3v) is 2.35. The van der Waals surface area contributed by atoms with Gasteiger partial charge in [-0.3, -0.25) is 4.57 Å². The monoisotopic (exact) mass is 219 g/mol.